The number of aliphatic carboxylic acids is 1. The van der Waals surface area contributed by atoms with E-state index in [-0.39, 0.29) is 5.41 Å². The lowest BCUT2D eigenvalue weighted by atomic mass is 9.69. The van der Waals surface area contributed by atoms with Crippen LogP contribution in [0.1, 0.15) is 40.0 Å². The van der Waals surface area contributed by atoms with Gasteiger partial charge in [0.25, 0.3) is 0 Å². The molecule has 0 bridgehead atoms. The van der Waals surface area contributed by atoms with Gasteiger partial charge in [0, 0.05) is 0 Å². The molecule has 1 aliphatic carbocycles. The third-order valence-electron chi connectivity index (χ3n) is 3.44. The number of carbonyl (C=O) groups is 1. The van der Waals surface area contributed by atoms with Crippen LogP contribution in [-0.4, -0.2) is 11.1 Å². The molecule has 0 aromatic heterocycles. The zero-order chi connectivity index (χ0) is 8.70. The second kappa shape index (κ2) is 2.23. The van der Waals surface area contributed by atoms with Crippen LogP contribution >= 0.6 is 0 Å². The van der Waals surface area contributed by atoms with Crippen LogP contribution in [0.3, 0.4) is 0 Å². The van der Waals surface area contributed by atoms with Crippen molar-refractivity contribution in [2.75, 3.05) is 0 Å². The Morgan fingerprint density at radius 3 is 2.00 bits per heavy atom. The fourth-order valence-electron chi connectivity index (χ4n) is 1.89. The molecule has 1 saturated carbocycles. The van der Waals surface area contributed by atoms with Crippen molar-refractivity contribution in [2.45, 2.75) is 40.0 Å². The number of rotatable bonds is 1. The third-order valence-corrected chi connectivity index (χ3v) is 3.44. The van der Waals surface area contributed by atoms with E-state index >= 15 is 0 Å². The molecule has 64 valence electrons. The maximum atomic E-state index is 10.9. The molecule has 0 saturated heterocycles. The van der Waals surface area contributed by atoms with Gasteiger partial charge in [-0.3, -0.25) is 4.79 Å². The fourth-order valence-corrected chi connectivity index (χ4v) is 1.89. The molecule has 1 atom stereocenters. The maximum absolute atomic E-state index is 10.9. The molecule has 0 amide bonds. The van der Waals surface area contributed by atoms with Gasteiger partial charge in [-0.05, 0) is 25.2 Å². The molecule has 1 rings (SSSR count). The average molecular weight is 156 g/mol. The van der Waals surface area contributed by atoms with Crippen LogP contribution in [0.15, 0.2) is 0 Å². The highest BCUT2D eigenvalue weighted by Gasteiger charge is 2.50. The van der Waals surface area contributed by atoms with Crippen LogP contribution in [0.25, 0.3) is 0 Å². The number of carboxylic acids is 1. The summed E-state index contributed by atoms with van der Waals surface area (Å²) in [6.45, 7) is 5.96. The van der Waals surface area contributed by atoms with E-state index in [4.69, 9.17) is 5.11 Å². The van der Waals surface area contributed by atoms with E-state index < -0.39 is 11.4 Å². The monoisotopic (exact) mass is 156 g/mol. The molecular weight excluding hydrogens is 140 g/mol. The van der Waals surface area contributed by atoms with Crippen molar-refractivity contribution in [3.05, 3.63) is 0 Å². The molecule has 0 aromatic rings. The van der Waals surface area contributed by atoms with E-state index in [1.54, 1.807) is 0 Å². The van der Waals surface area contributed by atoms with Gasteiger partial charge in [-0.25, -0.2) is 0 Å². The lowest BCUT2D eigenvalue weighted by Gasteiger charge is -2.33. The summed E-state index contributed by atoms with van der Waals surface area (Å²) in [6.07, 6.45) is 2.92. The molecule has 0 unspecified atom stereocenters. The Labute approximate surface area is 67.6 Å². The standard InChI is InChI=1S/C9H16O2/c1-8(2)5-4-6-9(8,3)7(10)11/h4-6H2,1-3H3,(H,10,11)/t9-/m1/s1. The van der Waals surface area contributed by atoms with E-state index in [0.29, 0.717) is 0 Å². The third kappa shape index (κ3) is 1.05. The van der Waals surface area contributed by atoms with E-state index in [0.717, 1.165) is 19.3 Å². The zero-order valence-corrected chi connectivity index (χ0v) is 7.48. The molecule has 11 heavy (non-hydrogen) atoms. The summed E-state index contributed by atoms with van der Waals surface area (Å²) < 4.78 is 0. The van der Waals surface area contributed by atoms with Gasteiger partial charge in [0.05, 0.1) is 5.41 Å². The molecule has 0 aliphatic heterocycles. The Morgan fingerprint density at radius 2 is 1.82 bits per heavy atom. The van der Waals surface area contributed by atoms with E-state index in [9.17, 15) is 4.79 Å². The number of hydrogen-bond acceptors (Lipinski definition) is 1. The first-order chi connectivity index (χ1) is 4.90. The molecule has 0 aromatic carbocycles. The summed E-state index contributed by atoms with van der Waals surface area (Å²) >= 11 is 0. The Kier molecular flexibility index (Phi) is 1.73. The van der Waals surface area contributed by atoms with Gasteiger partial charge in [0.2, 0.25) is 0 Å². The van der Waals surface area contributed by atoms with Gasteiger partial charge >= 0.3 is 5.97 Å². The van der Waals surface area contributed by atoms with Gasteiger partial charge in [-0.2, -0.15) is 0 Å². The lowest BCUT2D eigenvalue weighted by molar-refractivity contribution is -0.153. The zero-order valence-electron chi connectivity index (χ0n) is 7.48. The molecular formula is C9H16O2. The molecule has 1 aliphatic rings. The van der Waals surface area contributed by atoms with E-state index in [2.05, 4.69) is 0 Å². The van der Waals surface area contributed by atoms with Crippen LogP contribution in [0.5, 0.6) is 0 Å². The molecule has 2 heteroatoms. The summed E-state index contributed by atoms with van der Waals surface area (Å²) in [7, 11) is 0. The smallest absolute Gasteiger partial charge is 0.309 e. The van der Waals surface area contributed by atoms with E-state index in [1.807, 2.05) is 20.8 Å². The van der Waals surface area contributed by atoms with Crippen molar-refractivity contribution in [2.24, 2.45) is 10.8 Å². The van der Waals surface area contributed by atoms with Gasteiger partial charge in [-0.15, -0.1) is 0 Å². The van der Waals surface area contributed by atoms with Crippen LogP contribution < -0.4 is 0 Å². The minimum absolute atomic E-state index is 0.0289. The highest BCUT2D eigenvalue weighted by atomic mass is 16.4. The first-order valence-corrected chi connectivity index (χ1v) is 4.13. The highest BCUT2D eigenvalue weighted by molar-refractivity contribution is 5.75. The summed E-state index contributed by atoms with van der Waals surface area (Å²) in [5, 5.41) is 9.01. The van der Waals surface area contributed by atoms with Crippen LogP contribution in [-0.2, 0) is 4.79 Å². The first kappa shape index (κ1) is 8.57. The fraction of sp³-hybridized carbons (Fsp3) is 0.889. The van der Waals surface area contributed by atoms with Crippen molar-refractivity contribution in [3.8, 4) is 0 Å². The maximum Gasteiger partial charge on any atom is 0.309 e. The van der Waals surface area contributed by atoms with Crippen LogP contribution in [0.2, 0.25) is 0 Å². The molecule has 2 nitrogen and oxygen atoms in total. The van der Waals surface area contributed by atoms with Gasteiger partial charge in [-0.1, -0.05) is 20.3 Å². The quantitative estimate of drug-likeness (QED) is 0.632. The number of hydrogen-bond donors (Lipinski definition) is 1. The second-order valence-corrected chi connectivity index (χ2v) is 4.37. The number of carboxylic acid groups (broad SMARTS) is 1. The van der Waals surface area contributed by atoms with E-state index in [1.165, 1.54) is 0 Å². The molecule has 1 fully saturated rings. The average Bonchev–Trinajstić information content (AvgIpc) is 2.09. The van der Waals surface area contributed by atoms with Crippen molar-refractivity contribution in [1.29, 1.82) is 0 Å². The Hall–Kier alpha value is -0.530. The molecule has 1 N–H and O–H groups in total. The Balaban J connectivity index is 2.93. The van der Waals surface area contributed by atoms with Gasteiger partial charge in [0.15, 0.2) is 0 Å². The minimum atomic E-state index is -0.639. The van der Waals surface area contributed by atoms with Gasteiger partial charge in [0.1, 0.15) is 0 Å². The summed E-state index contributed by atoms with van der Waals surface area (Å²) in [4.78, 5) is 10.9. The van der Waals surface area contributed by atoms with Crippen LogP contribution in [0.4, 0.5) is 0 Å². The Bertz CT molecular complexity index is 184. The lowest BCUT2D eigenvalue weighted by Crippen LogP contribution is -2.37. The van der Waals surface area contributed by atoms with Gasteiger partial charge < -0.3 is 5.11 Å². The summed E-state index contributed by atoms with van der Waals surface area (Å²) in [5.74, 6) is -0.639. The summed E-state index contributed by atoms with van der Waals surface area (Å²) in [5.41, 5.74) is -0.522. The highest BCUT2D eigenvalue weighted by Crippen LogP contribution is 2.52. The normalized spacial score (nSPS) is 35.5. The molecule has 0 heterocycles. The predicted molar refractivity (Wildman–Crippen MR) is 43.4 cm³/mol. The molecule has 0 radical (unpaired) electrons. The molecule has 0 spiro atoms. The van der Waals surface area contributed by atoms with Crippen molar-refractivity contribution >= 4 is 5.97 Å². The first-order valence-electron chi connectivity index (χ1n) is 4.13. The Morgan fingerprint density at radius 1 is 1.27 bits per heavy atom. The van der Waals surface area contributed by atoms with Crippen molar-refractivity contribution in [1.82, 2.24) is 0 Å². The SMILES string of the molecule is CC1(C)CCC[C@]1(C)C(=O)O. The topological polar surface area (TPSA) is 37.3 Å². The van der Waals surface area contributed by atoms with Crippen molar-refractivity contribution < 1.29 is 9.90 Å². The van der Waals surface area contributed by atoms with Crippen LogP contribution in [0, 0.1) is 10.8 Å². The predicted octanol–water partition coefficient (Wildman–Crippen LogP) is 2.29. The largest absolute Gasteiger partial charge is 0.481 e. The minimum Gasteiger partial charge on any atom is -0.481 e. The second-order valence-electron chi connectivity index (χ2n) is 4.37. The van der Waals surface area contributed by atoms with Crippen molar-refractivity contribution in [3.63, 3.8) is 0 Å². The summed E-state index contributed by atoms with van der Waals surface area (Å²) in [6, 6.07) is 0.